The number of nitrogens with zero attached hydrogens (tertiary/aromatic N) is 1. The second-order valence-electron chi connectivity index (χ2n) is 3.68. The maximum absolute atomic E-state index is 13.4. The number of amides is 1. The first-order valence-corrected chi connectivity index (χ1v) is 5.34. The Morgan fingerprint density at radius 3 is 2.58 bits per heavy atom. The van der Waals surface area contributed by atoms with E-state index in [1.54, 1.807) is 6.20 Å². The van der Waals surface area contributed by atoms with Gasteiger partial charge in [-0.1, -0.05) is 0 Å². The lowest BCUT2D eigenvalue weighted by atomic mass is 10.1. The normalized spacial score (nSPS) is 10.3. The number of nitrogens with one attached hydrogen (secondary N) is 3. The van der Waals surface area contributed by atoms with Gasteiger partial charge < -0.3 is 15.7 Å². The van der Waals surface area contributed by atoms with E-state index in [4.69, 9.17) is 5.84 Å². The smallest absolute Gasteiger partial charge is 0.251 e. The molecule has 0 bridgehead atoms. The first-order chi connectivity index (χ1) is 9.11. The molecule has 5 N–H and O–H groups in total. The number of imidazole rings is 1. The maximum Gasteiger partial charge on any atom is 0.251 e. The van der Waals surface area contributed by atoms with Crippen molar-refractivity contribution in [3.63, 3.8) is 0 Å². The summed E-state index contributed by atoms with van der Waals surface area (Å²) in [6.45, 7) is 0.131. The van der Waals surface area contributed by atoms with Gasteiger partial charge in [0.1, 0.15) is 11.5 Å². The van der Waals surface area contributed by atoms with Crippen LogP contribution in [-0.4, -0.2) is 15.9 Å². The highest BCUT2D eigenvalue weighted by Gasteiger charge is 2.14. The number of halogens is 2. The summed E-state index contributed by atoms with van der Waals surface area (Å²) in [5, 5.41) is 2.48. The Bertz CT molecular complexity index is 562. The van der Waals surface area contributed by atoms with Crippen molar-refractivity contribution in [2.24, 2.45) is 5.84 Å². The third-order valence-corrected chi connectivity index (χ3v) is 2.42. The molecule has 0 unspecified atom stereocenters. The van der Waals surface area contributed by atoms with Crippen molar-refractivity contribution in [3.05, 3.63) is 47.5 Å². The van der Waals surface area contributed by atoms with Crippen LogP contribution in [0.25, 0.3) is 0 Å². The van der Waals surface area contributed by atoms with Gasteiger partial charge in [0.2, 0.25) is 0 Å². The van der Waals surface area contributed by atoms with E-state index in [-0.39, 0.29) is 12.1 Å². The molecule has 1 aromatic heterocycles. The fraction of sp³-hybridized carbons (Fsp3) is 0.0909. The molecule has 0 atom stereocenters. The topological polar surface area (TPSA) is 95.8 Å². The summed E-state index contributed by atoms with van der Waals surface area (Å²) >= 11 is 0. The first kappa shape index (κ1) is 13.0. The Hall–Kier alpha value is -2.48. The molecule has 1 heterocycles. The van der Waals surface area contributed by atoms with E-state index in [9.17, 15) is 13.6 Å². The summed E-state index contributed by atoms with van der Waals surface area (Å²) in [5.74, 6) is 3.00. The van der Waals surface area contributed by atoms with E-state index in [1.807, 2.05) is 5.43 Å². The number of carbonyl (C=O) groups is 1. The molecule has 0 saturated carbocycles. The van der Waals surface area contributed by atoms with Gasteiger partial charge in [-0.05, 0) is 12.1 Å². The van der Waals surface area contributed by atoms with Crippen LogP contribution in [0, 0.1) is 11.6 Å². The Morgan fingerprint density at radius 2 is 2.05 bits per heavy atom. The van der Waals surface area contributed by atoms with Crippen molar-refractivity contribution >= 4 is 11.6 Å². The summed E-state index contributed by atoms with van der Waals surface area (Å²) in [6, 6.07) is 1.80. The second kappa shape index (κ2) is 5.44. The molecule has 1 aromatic carbocycles. The highest BCUT2D eigenvalue weighted by molar-refractivity contribution is 5.94. The lowest BCUT2D eigenvalue weighted by molar-refractivity contribution is 0.0949. The van der Waals surface area contributed by atoms with Crippen LogP contribution < -0.4 is 16.6 Å². The lowest BCUT2D eigenvalue weighted by Gasteiger charge is -2.07. The van der Waals surface area contributed by atoms with Crippen molar-refractivity contribution in [3.8, 4) is 0 Å². The van der Waals surface area contributed by atoms with Gasteiger partial charge in [0.15, 0.2) is 11.6 Å². The summed E-state index contributed by atoms with van der Waals surface area (Å²) in [4.78, 5) is 18.4. The van der Waals surface area contributed by atoms with Gasteiger partial charge in [0.25, 0.3) is 5.91 Å². The molecule has 1 amide bonds. The van der Waals surface area contributed by atoms with E-state index in [1.165, 1.54) is 6.20 Å². The molecule has 2 aromatic rings. The molecular formula is C11H11F2N5O. The Morgan fingerprint density at radius 1 is 1.37 bits per heavy atom. The molecule has 8 heteroatoms. The maximum atomic E-state index is 13.4. The monoisotopic (exact) mass is 267 g/mol. The lowest BCUT2D eigenvalue weighted by Crippen LogP contribution is -2.24. The Balaban J connectivity index is 2.11. The second-order valence-corrected chi connectivity index (χ2v) is 3.68. The zero-order chi connectivity index (χ0) is 13.8. The number of hydrazine groups is 1. The van der Waals surface area contributed by atoms with Crippen LogP contribution in [0.1, 0.15) is 16.2 Å². The van der Waals surface area contributed by atoms with Gasteiger partial charge >= 0.3 is 0 Å². The fourth-order valence-electron chi connectivity index (χ4n) is 1.50. The van der Waals surface area contributed by atoms with Crippen LogP contribution in [0.3, 0.4) is 0 Å². The SMILES string of the molecule is NNc1c(F)cc(C(=O)NCc2ncc[nH]2)cc1F. The number of aromatic amines is 1. The van der Waals surface area contributed by atoms with Crippen LogP contribution >= 0.6 is 0 Å². The number of nitrogen functional groups attached to an aromatic ring is 1. The number of benzene rings is 1. The molecule has 0 fully saturated rings. The fourth-order valence-corrected chi connectivity index (χ4v) is 1.50. The highest BCUT2D eigenvalue weighted by atomic mass is 19.1. The molecule has 0 saturated heterocycles. The van der Waals surface area contributed by atoms with Crippen molar-refractivity contribution in [1.82, 2.24) is 15.3 Å². The molecule has 0 aliphatic carbocycles. The quantitative estimate of drug-likeness (QED) is 0.489. The van der Waals surface area contributed by atoms with Gasteiger partial charge in [-0.15, -0.1) is 0 Å². The van der Waals surface area contributed by atoms with Gasteiger partial charge in [-0.3, -0.25) is 10.6 Å². The number of hydrogen-bond acceptors (Lipinski definition) is 4. The molecule has 0 aliphatic rings. The van der Waals surface area contributed by atoms with Crippen LogP contribution in [0.2, 0.25) is 0 Å². The summed E-state index contributed by atoms with van der Waals surface area (Å²) in [6.07, 6.45) is 3.13. The molecule has 100 valence electrons. The minimum atomic E-state index is -0.939. The van der Waals surface area contributed by atoms with Gasteiger partial charge in [0.05, 0.1) is 6.54 Å². The van der Waals surface area contributed by atoms with E-state index in [0.717, 1.165) is 12.1 Å². The van der Waals surface area contributed by atoms with E-state index < -0.39 is 23.2 Å². The van der Waals surface area contributed by atoms with Crippen LogP contribution in [0.4, 0.5) is 14.5 Å². The van der Waals surface area contributed by atoms with Crippen LogP contribution in [0.15, 0.2) is 24.5 Å². The number of hydrogen-bond donors (Lipinski definition) is 4. The summed E-state index contributed by atoms with van der Waals surface area (Å²) in [7, 11) is 0. The Labute approximate surface area is 107 Å². The van der Waals surface area contributed by atoms with Gasteiger partial charge in [0, 0.05) is 18.0 Å². The third kappa shape index (κ3) is 2.86. The molecule has 6 nitrogen and oxygen atoms in total. The number of nitrogens with two attached hydrogens (primary N) is 1. The average molecular weight is 267 g/mol. The van der Waals surface area contributed by atoms with Gasteiger partial charge in [-0.2, -0.15) is 0 Å². The number of H-pyrrole nitrogens is 1. The molecule has 0 aliphatic heterocycles. The van der Waals surface area contributed by atoms with E-state index in [0.29, 0.717) is 5.82 Å². The predicted octanol–water partition coefficient (Wildman–Crippen LogP) is 0.903. The molecule has 0 radical (unpaired) electrons. The summed E-state index contributed by atoms with van der Waals surface area (Å²) < 4.78 is 26.8. The third-order valence-electron chi connectivity index (χ3n) is 2.42. The summed E-state index contributed by atoms with van der Waals surface area (Å²) in [5.41, 5.74) is 1.27. The molecule has 2 rings (SSSR count). The standard InChI is InChI=1S/C11H11F2N5O/c12-7-3-6(4-8(13)10(7)18-14)11(19)17-5-9-15-1-2-16-9/h1-4,18H,5,14H2,(H,15,16)(H,17,19). The minimum absolute atomic E-state index is 0.131. The van der Waals surface area contributed by atoms with Crippen LogP contribution in [-0.2, 0) is 6.54 Å². The largest absolute Gasteiger partial charge is 0.347 e. The number of rotatable bonds is 4. The number of aromatic nitrogens is 2. The molecular weight excluding hydrogens is 256 g/mol. The van der Waals surface area contributed by atoms with Crippen molar-refractivity contribution in [1.29, 1.82) is 0 Å². The van der Waals surface area contributed by atoms with Crippen molar-refractivity contribution in [2.75, 3.05) is 5.43 Å². The number of anilines is 1. The number of carbonyl (C=O) groups excluding carboxylic acids is 1. The zero-order valence-electron chi connectivity index (χ0n) is 9.71. The van der Waals surface area contributed by atoms with Gasteiger partial charge in [-0.25, -0.2) is 13.8 Å². The van der Waals surface area contributed by atoms with E-state index >= 15 is 0 Å². The molecule has 0 spiro atoms. The zero-order valence-corrected chi connectivity index (χ0v) is 9.71. The minimum Gasteiger partial charge on any atom is -0.347 e. The van der Waals surface area contributed by atoms with E-state index in [2.05, 4.69) is 15.3 Å². The molecule has 19 heavy (non-hydrogen) atoms. The van der Waals surface area contributed by atoms with Crippen LogP contribution in [0.5, 0.6) is 0 Å². The highest BCUT2D eigenvalue weighted by Crippen LogP contribution is 2.19. The Kier molecular flexibility index (Phi) is 3.71. The van der Waals surface area contributed by atoms with Crippen molar-refractivity contribution < 1.29 is 13.6 Å². The van der Waals surface area contributed by atoms with Crippen molar-refractivity contribution in [2.45, 2.75) is 6.54 Å². The predicted molar refractivity (Wildman–Crippen MR) is 63.9 cm³/mol. The first-order valence-electron chi connectivity index (χ1n) is 5.34. The average Bonchev–Trinajstić information content (AvgIpc) is 2.88.